The van der Waals surface area contributed by atoms with Gasteiger partial charge in [0.2, 0.25) is 6.29 Å². The number of ether oxygens (including phenoxy) is 3. The Labute approximate surface area is 159 Å². The summed E-state index contributed by atoms with van der Waals surface area (Å²) < 4.78 is 23.8. The van der Waals surface area contributed by atoms with E-state index in [0.717, 1.165) is 0 Å². The highest BCUT2D eigenvalue weighted by molar-refractivity contribution is 6.74. The molecule has 2 saturated heterocycles. The maximum absolute atomic E-state index is 10.9. The van der Waals surface area contributed by atoms with Crippen LogP contribution in [0.25, 0.3) is 10.4 Å². The van der Waals surface area contributed by atoms with Gasteiger partial charge in [-0.25, -0.2) is 0 Å². The number of nitrogens with zero attached hydrogens (tertiary/aromatic N) is 4. The quantitative estimate of drug-likeness (QED) is 0.171. The summed E-state index contributed by atoms with van der Waals surface area (Å²) in [6, 6.07) is -1.08. The van der Waals surface area contributed by atoms with E-state index in [1.165, 1.54) is 0 Å². The minimum Gasteiger partial charge on any atom is -0.411 e. The summed E-state index contributed by atoms with van der Waals surface area (Å²) in [5.41, 5.74) is 9.01. The highest BCUT2D eigenvalue weighted by Gasteiger charge is 2.55. The first kappa shape index (κ1) is 21.9. The van der Waals surface area contributed by atoms with E-state index in [4.69, 9.17) is 24.2 Å². The zero-order chi connectivity index (χ0) is 20.6. The molecule has 0 bridgehead atoms. The molecule has 154 valence electrons. The van der Waals surface area contributed by atoms with E-state index in [9.17, 15) is 10.1 Å². The normalized spacial score (nSPS) is 33.5. The van der Waals surface area contributed by atoms with Crippen molar-refractivity contribution in [1.82, 2.24) is 0 Å². The van der Waals surface area contributed by atoms with Gasteiger partial charge in [-0.2, -0.15) is 0 Å². The summed E-state index contributed by atoms with van der Waals surface area (Å²) in [6.45, 7) is 13.9. The molecule has 2 aliphatic rings. The van der Waals surface area contributed by atoms with Crippen LogP contribution in [-0.2, 0) is 23.5 Å². The molecule has 0 amide bonds. The molecule has 0 aromatic heterocycles. The van der Waals surface area contributed by atoms with Crippen LogP contribution in [0.1, 0.15) is 34.6 Å². The van der Waals surface area contributed by atoms with Crippen molar-refractivity contribution in [1.29, 1.82) is 0 Å². The minimum atomic E-state index is -2.34. The van der Waals surface area contributed by atoms with Crippen molar-refractivity contribution >= 4 is 8.32 Å². The van der Waals surface area contributed by atoms with Gasteiger partial charge in [0.1, 0.15) is 18.2 Å². The highest BCUT2D eigenvalue weighted by Crippen LogP contribution is 2.42. The van der Waals surface area contributed by atoms with Gasteiger partial charge in [-0.15, -0.1) is 10.1 Å². The Morgan fingerprint density at radius 3 is 2.52 bits per heavy atom. The molecule has 27 heavy (non-hydrogen) atoms. The van der Waals surface area contributed by atoms with E-state index < -0.39 is 49.8 Å². The molecule has 2 aliphatic heterocycles. The third kappa shape index (κ3) is 4.89. The number of fused-ring (bicyclic) bond motifs is 1. The first-order valence-corrected chi connectivity index (χ1v) is 11.7. The fourth-order valence-electron chi connectivity index (χ4n) is 2.82. The van der Waals surface area contributed by atoms with Crippen LogP contribution in [0.15, 0.2) is 5.11 Å². The number of hydrogen-bond donors (Lipinski definition) is 0. The fourth-order valence-corrected chi connectivity index (χ4v) is 4.13. The Balaban J connectivity index is 2.43. The van der Waals surface area contributed by atoms with E-state index in [0.29, 0.717) is 0 Å². The van der Waals surface area contributed by atoms with Gasteiger partial charge in [0.05, 0.1) is 12.7 Å². The molecule has 0 N–H and O–H groups in total. The van der Waals surface area contributed by atoms with Crippen molar-refractivity contribution in [2.24, 2.45) is 5.11 Å². The maximum atomic E-state index is 10.9. The predicted molar refractivity (Wildman–Crippen MR) is 96.6 cm³/mol. The molecule has 0 aliphatic carbocycles. The van der Waals surface area contributed by atoms with Gasteiger partial charge in [0, 0.05) is 4.91 Å². The van der Waals surface area contributed by atoms with Crippen molar-refractivity contribution in [2.75, 3.05) is 6.61 Å². The molecule has 1 unspecified atom stereocenters. The van der Waals surface area contributed by atoms with E-state index in [1.807, 2.05) is 13.1 Å². The second kappa shape index (κ2) is 7.53. The average molecular weight is 404 g/mol. The minimum absolute atomic E-state index is 0.137. The lowest BCUT2D eigenvalue weighted by atomic mass is 9.96. The van der Waals surface area contributed by atoms with E-state index in [-0.39, 0.29) is 11.6 Å². The fraction of sp³-hybridized carbons (Fsp3) is 1.00. The first-order chi connectivity index (χ1) is 12.3. The Kier molecular flexibility index (Phi) is 6.10. The van der Waals surface area contributed by atoms with Gasteiger partial charge in [-0.1, -0.05) is 25.9 Å². The topological polar surface area (TPSA) is 138 Å². The molecule has 11 nitrogen and oxygen atoms in total. The van der Waals surface area contributed by atoms with E-state index >= 15 is 0 Å². The van der Waals surface area contributed by atoms with Crippen LogP contribution in [0.3, 0.4) is 0 Å². The van der Waals surface area contributed by atoms with Gasteiger partial charge in [0.15, 0.2) is 14.1 Å². The zero-order valence-electron chi connectivity index (χ0n) is 16.7. The van der Waals surface area contributed by atoms with Crippen molar-refractivity contribution < 1.29 is 28.6 Å². The molecule has 0 aromatic rings. The van der Waals surface area contributed by atoms with Crippen LogP contribution >= 0.6 is 0 Å². The lowest BCUT2D eigenvalue weighted by Crippen LogP contribution is -2.67. The van der Waals surface area contributed by atoms with Gasteiger partial charge < -0.3 is 18.6 Å². The summed E-state index contributed by atoms with van der Waals surface area (Å²) in [4.78, 5) is 18.4. The Morgan fingerprint density at radius 1 is 1.37 bits per heavy atom. The maximum Gasteiger partial charge on any atom is 0.297 e. The largest absolute Gasteiger partial charge is 0.411 e. The van der Waals surface area contributed by atoms with Crippen LogP contribution in [0.2, 0.25) is 18.1 Å². The Hall–Kier alpha value is -1.43. The third-order valence-corrected chi connectivity index (χ3v) is 9.72. The van der Waals surface area contributed by atoms with Crippen molar-refractivity contribution in [3.05, 3.63) is 20.6 Å². The summed E-state index contributed by atoms with van der Waals surface area (Å²) in [6.07, 6.45) is -3.44. The van der Waals surface area contributed by atoms with Gasteiger partial charge >= 0.3 is 0 Å². The van der Waals surface area contributed by atoms with Gasteiger partial charge in [-0.05, 0) is 37.5 Å². The lowest BCUT2D eigenvalue weighted by Gasteiger charge is -2.52. The Morgan fingerprint density at radius 2 is 2.00 bits per heavy atom. The van der Waals surface area contributed by atoms with E-state index in [2.05, 4.69) is 35.6 Å². The number of hydrogen-bond acceptors (Lipinski definition) is 8. The Bertz CT molecular complexity index is 618. The van der Waals surface area contributed by atoms with Crippen LogP contribution in [0.5, 0.6) is 0 Å². The molecule has 2 rings (SSSR count). The second-order valence-corrected chi connectivity index (χ2v) is 13.5. The molecule has 2 heterocycles. The summed E-state index contributed by atoms with van der Waals surface area (Å²) in [5, 5.41) is 13.5. The van der Waals surface area contributed by atoms with Crippen molar-refractivity contribution in [3.8, 4) is 0 Å². The monoisotopic (exact) mass is 404 g/mol. The zero-order valence-corrected chi connectivity index (χ0v) is 17.7. The molecule has 5 atom stereocenters. The van der Waals surface area contributed by atoms with Gasteiger partial charge in [0.25, 0.3) is 5.09 Å². The van der Waals surface area contributed by atoms with Crippen molar-refractivity contribution in [3.63, 3.8) is 0 Å². The summed E-state index contributed by atoms with van der Waals surface area (Å²) in [7, 11) is -2.34. The van der Waals surface area contributed by atoms with E-state index in [1.54, 1.807) is 13.8 Å². The molecule has 0 aromatic carbocycles. The molecular formula is C15H28N4O7Si. The second-order valence-electron chi connectivity index (χ2n) is 8.70. The predicted octanol–water partition coefficient (Wildman–Crippen LogP) is 3.14. The van der Waals surface area contributed by atoms with Crippen LogP contribution in [0, 0.1) is 10.1 Å². The molecule has 0 spiro atoms. The average Bonchev–Trinajstić information content (AvgIpc) is 2.49. The lowest BCUT2D eigenvalue weighted by molar-refractivity contribution is -0.784. The van der Waals surface area contributed by atoms with Gasteiger partial charge in [-0.3, -0.25) is 4.84 Å². The molecule has 0 saturated carbocycles. The van der Waals surface area contributed by atoms with Crippen molar-refractivity contribution in [2.45, 2.75) is 89.2 Å². The smallest absolute Gasteiger partial charge is 0.297 e. The molecular weight excluding hydrogens is 376 g/mol. The highest BCUT2D eigenvalue weighted by atomic mass is 28.4. The summed E-state index contributed by atoms with van der Waals surface area (Å²) in [5.74, 6) is -0.892. The number of rotatable bonds is 5. The third-order valence-electron chi connectivity index (χ3n) is 5.24. The SMILES string of the molecule is CC1(C)OC[C@H]2OC(O[N+](=O)[O-])[C@@H](N=[N+]=[N-])[C@@H](O[Si](C)(C)C(C)(C)C)[C@@H]2O1. The summed E-state index contributed by atoms with van der Waals surface area (Å²) >= 11 is 0. The van der Waals surface area contributed by atoms with Crippen LogP contribution in [0.4, 0.5) is 0 Å². The standard InChI is InChI=1S/C15H28N4O7Si/c1-14(2,3)27(6,7)26-12-10(17-18-16)13(25-19(20)21)23-9-8-22-15(4,5)24-11(9)12/h9-13H,8H2,1-7H3/t9-,10+,11-,12-,13?/m1/s1. The van der Waals surface area contributed by atoms with Crippen LogP contribution in [-0.4, -0.2) is 56.4 Å². The van der Waals surface area contributed by atoms with Crippen LogP contribution < -0.4 is 0 Å². The molecule has 0 radical (unpaired) electrons. The molecule has 12 heteroatoms. The molecule has 2 fully saturated rings. The first-order valence-electron chi connectivity index (χ1n) is 8.78. The number of azide groups is 1.